The number of ether oxygens (including phenoxy) is 1. The van der Waals surface area contributed by atoms with Gasteiger partial charge < -0.3 is 15.2 Å². The van der Waals surface area contributed by atoms with E-state index in [1.54, 1.807) is 63.5 Å². The molecule has 0 unspecified atom stereocenters. The number of esters is 1. The first kappa shape index (κ1) is 24.7. The molecule has 1 amide bonds. The van der Waals surface area contributed by atoms with E-state index >= 15 is 0 Å². The van der Waals surface area contributed by atoms with E-state index in [1.165, 1.54) is 6.07 Å². The number of benzene rings is 3. The van der Waals surface area contributed by atoms with Crippen molar-refractivity contribution >= 4 is 17.6 Å². The Hall–Kier alpha value is -4.45. The summed E-state index contributed by atoms with van der Waals surface area (Å²) in [5, 5.41) is 13.3. The van der Waals surface area contributed by atoms with Crippen LogP contribution in [-0.4, -0.2) is 27.6 Å². The molecular formula is C30H28N2O4. The summed E-state index contributed by atoms with van der Waals surface area (Å²) in [6, 6.07) is 21.5. The number of aryl methyl sites for hydroxylation is 1. The molecule has 36 heavy (non-hydrogen) atoms. The molecule has 4 rings (SSSR count). The molecule has 4 aromatic rings. The number of carbonyl (C=O) groups is 2. The van der Waals surface area contributed by atoms with E-state index in [0.717, 1.165) is 27.8 Å². The first-order valence-corrected chi connectivity index (χ1v) is 11.6. The van der Waals surface area contributed by atoms with Crippen LogP contribution >= 0.6 is 0 Å². The van der Waals surface area contributed by atoms with Crippen molar-refractivity contribution in [3.63, 3.8) is 0 Å². The van der Waals surface area contributed by atoms with E-state index in [0.29, 0.717) is 5.69 Å². The number of hydrogen-bond acceptors (Lipinski definition) is 5. The maximum absolute atomic E-state index is 13.4. The summed E-state index contributed by atoms with van der Waals surface area (Å²) < 4.78 is 5.58. The summed E-state index contributed by atoms with van der Waals surface area (Å²) in [5.74, 6) is -1.28. The molecule has 2 N–H and O–H groups in total. The number of phenolic OH excluding ortho intramolecular Hbond substituents is 1. The van der Waals surface area contributed by atoms with Crippen LogP contribution in [0, 0.1) is 6.92 Å². The maximum Gasteiger partial charge on any atom is 0.340 e. The molecule has 3 aromatic carbocycles. The van der Waals surface area contributed by atoms with Gasteiger partial charge in [0.15, 0.2) is 0 Å². The lowest BCUT2D eigenvalue weighted by molar-refractivity contribution is 0.00708. The molecule has 182 valence electrons. The van der Waals surface area contributed by atoms with Crippen LogP contribution in [0.2, 0.25) is 0 Å². The summed E-state index contributed by atoms with van der Waals surface area (Å²) >= 11 is 0. The van der Waals surface area contributed by atoms with Crippen molar-refractivity contribution in [2.75, 3.05) is 5.32 Å². The van der Waals surface area contributed by atoms with Crippen molar-refractivity contribution in [3.8, 4) is 28.0 Å². The molecule has 6 heteroatoms. The molecule has 0 aliphatic heterocycles. The summed E-state index contributed by atoms with van der Waals surface area (Å²) in [7, 11) is 0. The zero-order valence-electron chi connectivity index (χ0n) is 20.7. The monoisotopic (exact) mass is 480 g/mol. The van der Waals surface area contributed by atoms with Crippen molar-refractivity contribution < 1.29 is 19.4 Å². The minimum atomic E-state index is -0.705. The topological polar surface area (TPSA) is 88.5 Å². The third kappa shape index (κ3) is 5.61. The van der Waals surface area contributed by atoms with Crippen LogP contribution in [0.1, 0.15) is 47.1 Å². The number of aromatic nitrogens is 1. The standard InChI is InChI=1S/C30H28N2O4/c1-19-8-5-6-10-23(19)21-11-13-24(29(35)36-30(2,3)4)26(17-21)32-28(34)25-16-20(12-14-27(25)33)22-9-7-15-31-18-22/h5-18,33H,1-4H3,(H,32,34). The summed E-state index contributed by atoms with van der Waals surface area (Å²) in [6.07, 6.45) is 3.34. The minimum absolute atomic E-state index is 0.0767. The predicted molar refractivity (Wildman–Crippen MR) is 141 cm³/mol. The molecule has 1 aromatic heterocycles. The zero-order chi connectivity index (χ0) is 25.9. The quantitative estimate of drug-likeness (QED) is 0.313. The van der Waals surface area contributed by atoms with Gasteiger partial charge >= 0.3 is 5.97 Å². The van der Waals surface area contributed by atoms with Crippen LogP contribution in [0.5, 0.6) is 5.75 Å². The maximum atomic E-state index is 13.4. The van der Waals surface area contributed by atoms with E-state index in [9.17, 15) is 14.7 Å². The molecule has 6 nitrogen and oxygen atoms in total. The van der Waals surface area contributed by atoms with E-state index < -0.39 is 17.5 Å². The molecule has 0 saturated heterocycles. The fourth-order valence-electron chi connectivity index (χ4n) is 3.84. The first-order chi connectivity index (χ1) is 17.1. The van der Waals surface area contributed by atoms with Crippen LogP contribution in [-0.2, 0) is 4.74 Å². The van der Waals surface area contributed by atoms with Crippen molar-refractivity contribution in [2.45, 2.75) is 33.3 Å². The zero-order valence-corrected chi connectivity index (χ0v) is 20.7. The second-order valence-corrected chi connectivity index (χ2v) is 9.50. The number of rotatable bonds is 5. The van der Waals surface area contributed by atoms with Crippen molar-refractivity contribution in [3.05, 3.63) is 102 Å². The molecule has 0 aliphatic carbocycles. The van der Waals surface area contributed by atoms with E-state index in [2.05, 4.69) is 10.3 Å². The number of nitrogens with one attached hydrogen (secondary N) is 1. The largest absolute Gasteiger partial charge is 0.507 e. The highest BCUT2D eigenvalue weighted by Crippen LogP contribution is 2.31. The number of nitrogens with zero attached hydrogens (tertiary/aromatic N) is 1. The molecule has 1 heterocycles. The van der Waals surface area contributed by atoms with E-state index in [-0.39, 0.29) is 16.9 Å². The Balaban J connectivity index is 1.75. The van der Waals surface area contributed by atoms with Gasteiger partial charge in [0, 0.05) is 18.0 Å². The Labute approximate surface area is 210 Å². The van der Waals surface area contributed by atoms with Gasteiger partial charge in [-0.25, -0.2) is 4.79 Å². The van der Waals surface area contributed by atoms with Crippen molar-refractivity contribution in [1.29, 1.82) is 0 Å². The Morgan fingerprint density at radius 1 is 0.861 bits per heavy atom. The minimum Gasteiger partial charge on any atom is -0.507 e. The molecule has 0 bridgehead atoms. The molecule has 0 radical (unpaired) electrons. The number of carbonyl (C=O) groups excluding carboxylic acids is 2. The normalized spacial score (nSPS) is 11.1. The predicted octanol–water partition coefficient (Wildman–Crippen LogP) is 6.64. The Morgan fingerprint density at radius 3 is 2.31 bits per heavy atom. The van der Waals surface area contributed by atoms with Crippen LogP contribution in [0.3, 0.4) is 0 Å². The second-order valence-electron chi connectivity index (χ2n) is 9.50. The number of phenols is 1. The highest BCUT2D eigenvalue weighted by atomic mass is 16.6. The average molecular weight is 481 g/mol. The van der Waals surface area contributed by atoms with Gasteiger partial charge in [-0.05, 0) is 80.3 Å². The van der Waals surface area contributed by atoms with Crippen LogP contribution < -0.4 is 5.32 Å². The van der Waals surface area contributed by atoms with Crippen LogP contribution in [0.25, 0.3) is 22.3 Å². The highest BCUT2D eigenvalue weighted by molar-refractivity contribution is 6.10. The van der Waals surface area contributed by atoms with Gasteiger partial charge in [-0.15, -0.1) is 0 Å². The van der Waals surface area contributed by atoms with E-state index in [4.69, 9.17) is 4.74 Å². The molecule has 0 fully saturated rings. The number of amides is 1. The van der Waals surface area contributed by atoms with Crippen molar-refractivity contribution in [2.24, 2.45) is 0 Å². The number of pyridine rings is 1. The molecule has 0 saturated carbocycles. The Kier molecular flexibility index (Phi) is 6.88. The smallest absolute Gasteiger partial charge is 0.340 e. The van der Waals surface area contributed by atoms with Gasteiger partial charge in [0.2, 0.25) is 0 Å². The van der Waals surface area contributed by atoms with Crippen LogP contribution in [0.15, 0.2) is 85.2 Å². The SMILES string of the molecule is Cc1ccccc1-c1ccc(C(=O)OC(C)(C)C)c(NC(=O)c2cc(-c3cccnc3)ccc2O)c1. The third-order valence-electron chi connectivity index (χ3n) is 5.58. The average Bonchev–Trinajstić information content (AvgIpc) is 2.84. The molecular weight excluding hydrogens is 452 g/mol. The summed E-state index contributed by atoms with van der Waals surface area (Å²) in [4.78, 5) is 30.5. The van der Waals surface area contributed by atoms with Gasteiger partial charge in [0.05, 0.1) is 16.8 Å². The van der Waals surface area contributed by atoms with E-state index in [1.807, 2.05) is 43.3 Å². The first-order valence-electron chi connectivity index (χ1n) is 11.6. The van der Waals surface area contributed by atoms with Crippen LogP contribution in [0.4, 0.5) is 5.69 Å². The van der Waals surface area contributed by atoms with Gasteiger partial charge in [0.25, 0.3) is 5.91 Å². The number of aromatic hydroxyl groups is 1. The lowest BCUT2D eigenvalue weighted by Gasteiger charge is -2.21. The molecule has 0 aliphatic rings. The number of anilines is 1. The van der Waals surface area contributed by atoms with Gasteiger partial charge in [0.1, 0.15) is 11.4 Å². The Morgan fingerprint density at radius 2 is 1.61 bits per heavy atom. The Bertz CT molecular complexity index is 1420. The second kappa shape index (κ2) is 10.0. The van der Waals surface area contributed by atoms with Gasteiger partial charge in [-0.3, -0.25) is 9.78 Å². The summed E-state index contributed by atoms with van der Waals surface area (Å²) in [6.45, 7) is 7.35. The fourth-order valence-corrected chi connectivity index (χ4v) is 3.84. The lowest BCUT2D eigenvalue weighted by Crippen LogP contribution is -2.25. The molecule has 0 atom stereocenters. The summed E-state index contributed by atoms with van der Waals surface area (Å²) in [5.41, 5.74) is 4.29. The lowest BCUT2D eigenvalue weighted by atomic mass is 9.98. The highest BCUT2D eigenvalue weighted by Gasteiger charge is 2.23. The van der Waals surface area contributed by atoms with Gasteiger partial charge in [-0.2, -0.15) is 0 Å². The third-order valence-corrected chi connectivity index (χ3v) is 5.58. The fraction of sp³-hybridized carbons (Fsp3) is 0.167. The van der Waals surface area contributed by atoms with Gasteiger partial charge in [-0.1, -0.05) is 42.5 Å². The number of hydrogen-bond donors (Lipinski definition) is 2. The van der Waals surface area contributed by atoms with Crippen molar-refractivity contribution in [1.82, 2.24) is 4.98 Å². The molecule has 0 spiro atoms.